The fourth-order valence-electron chi connectivity index (χ4n) is 2.17. The van der Waals surface area contributed by atoms with E-state index in [9.17, 15) is 9.90 Å². The third-order valence-corrected chi connectivity index (χ3v) is 4.61. The number of hydrogen-bond donors (Lipinski definition) is 2. The molecule has 2 N–H and O–H groups in total. The summed E-state index contributed by atoms with van der Waals surface area (Å²) in [5.74, 6) is 0.00528. The summed E-state index contributed by atoms with van der Waals surface area (Å²) >= 11 is 6.55. The van der Waals surface area contributed by atoms with E-state index in [4.69, 9.17) is 4.52 Å². The molecule has 1 aromatic heterocycles. The molecule has 0 atom stereocenters. The number of phenols is 1. The summed E-state index contributed by atoms with van der Waals surface area (Å²) in [5, 5.41) is 16.3. The van der Waals surface area contributed by atoms with Crippen molar-refractivity contribution in [1.82, 2.24) is 15.5 Å². The van der Waals surface area contributed by atoms with E-state index in [-0.39, 0.29) is 11.6 Å². The van der Waals surface area contributed by atoms with Gasteiger partial charge in [-0.05, 0) is 55.1 Å². The fourth-order valence-corrected chi connectivity index (χ4v) is 3.46. The van der Waals surface area contributed by atoms with E-state index in [1.54, 1.807) is 12.1 Å². The molecule has 1 heterocycles. The van der Waals surface area contributed by atoms with E-state index in [2.05, 4.69) is 47.3 Å². The maximum atomic E-state index is 12.1. The molecule has 1 amide bonds. The number of aromatic nitrogens is 2. The molecule has 0 saturated heterocycles. The number of carbonyl (C=O) groups excluding carboxylic acids is 1. The fraction of sp³-hybridized carbons (Fsp3) is 0.118. The van der Waals surface area contributed by atoms with Crippen LogP contribution in [0.4, 0.5) is 0 Å². The molecule has 8 heteroatoms. The second-order valence-electron chi connectivity index (χ2n) is 5.27. The Morgan fingerprint density at radius 3 is 2.48 bits per heavy atom. The van der Waals surface area contributed by atoms with Crippen LogP contribution in [0.2, 0.25) is 0 Å². The molecule has 3 rings (SSSR count). The van der Waals surface area contributed by atoms with Crippen LogP contribution in [0.3, 0.4) is 0 Å². The Hall–Kier alpha value is -2.19. The number of carbonyl (C=O) groups is 1. The van der Waals surface area contributed by atoms with Gasteiger partial charge in [0, 0.05) is 13.0 Å². The van der Waals surface area contributed by atoms with Crippen molar-refractivity contribution >= 4 is 37.8 Å². The van der Waals surface area contributed by atoms with Gasteiger partial charge < -0.3 is 14.9 Å². The number of nitrogens with zero attached hydrogens (tertiary/aromatic N) is 2. The van der Waals surface area contributed by atoms with E-state index >= 15 is 0 Å². The average Bonchev–Trinajstić information content (AvgIpc) is 3.07. The molecule has 0 aliphatic heterocycles. The molecular formula is C17H13Br2N3O3. The van der Waals surface area contributed by atoms with Crippen molar-refractivity contribution in [2.24, 2.45) is 0 Å². The van der Waals surface area contributed by atoms with Crippen molar-refractivity contribution in [2.75, 3.05) is 0 Å². The standard InChI is InChI=1S/C17H13Br2N3O3/c18-12-6-11(7-13(19)15(12)23)8-14-21-17(25-22-14)16(24)20-9-10-4-2-1-3-5-10/h1-7,23H,8-9H2,(H,20,24). The molecule has 0 saturated carbocycles. The molecule has 6 nitrogen and oxygen atoms in total. The van der Waals surface area contributed by atoms with Crippen molar-refractivity contribution in [3.05, 3.63) is 74.3 Å². The van der Waals surface area contributed by atoms with Crippen molar-refractivity contribution in [3.63, 3.8) is 0 Å². The zero-order valence-electron chi connectivity index (χ0n) is 12.9. The van der Waals surface area contributed by atoms with Crippen LogP contribution in [-0.4, -0.2) is 21.2 Å². The Balaban J connectivity index is 1.65. The topological polar surface area (TPSA) is 88.2 Å². The Bertz CT molecular complexity index is 874. The molecule has 128 valence electrons. The van der Waals surface area contributed by atoms with Gasteiger partial charge in [-0.2, -0.15) is 4.98 Å². The Labute approximate surface area is 160 Å². The molecule has 25 heavy (non-hydrogen) atoms. The quantitative estimate of drug-likeness (QED) is 0.596. The monoisotopic (exact) mass is 465 g/mol. The Kier molecular flexibility index (Phi) is 5.50. The average molecular weight is 467 g/mol. The first kappa shape index (κ1) is 17.6. The lowest BCUT2D eigenvalue weighted by Gasteiger charge is -2.03. The Morgan fingerprint density at radius 1 is 1.12 bits per heavy atom. The minimum absolute atomic E-state index is 0.0807. The summed E-state index contributed by atoms with van der Waals surface area (Å²) in [5.41, 5.74) is 1.84. The smallest absolute Gasteiger partial charge is 0.315 e. The molecule has 0 aliphatic carbocycles. The third kappa shape index (κ3) is 4.46. The summed E-state index contributed by atoms with van der Waals surface area (Å²) in [6.45, 7) is 0.384. The minimum atomic E-state index is -0.421. The van der Waals surface area contributed by atoms with E-state index < -0.39 is 5.91 Å². The van der Waals surface area contributed by atoms with Crippen molar-refractivity contribution in [1.29, 1.82) is 0 Å². The van der Waals surface area contributed by atoms with Gasteiger partial charge in [0.2, 0.25) is 0 Å². The highest BCUT2D eigenvalue weighted by Gasteiger charge is 2.16. The lowest BCUT2D eigenvalue weighted by molar-refractivity contribution is 0.0907. The maximum Gasteiger partial charge on any atom is 0.315 e. The SMILES string of the molecule is O=C(NCc1ccccc1)c1nc(Cc2cc(Br)c(O)c(Br)c2)no1. The molecule has 2 aromatic carbocycles. The van der Waals surface area contributed by atoms with E-state index in [1.165, 1.54) is 0 Å². The van der Waals surface area contributed by atoms with Crippen LogP contribution in [0.1, 0.15) is 27.6 Å². The number of aromatic hydroxyl groups is 1. The molecule has 0 aliphatic rings. The summed E-state index contributed by atoms with van der Waals surface area (Å²) in [6, 6.07) is 13.1. The third-order valence-electron chi connectivity index (χ3n) is 3.40. The molecule has 3 aromatic rings. The summed E-state index contributed by atoms with van der Waals surface area (Å²) < 4.78 is 6.14. The van der Waals surface area contributed by atoms with Gasteiger partial charge in [0.25, 0.3) is 0 Å². The zero-order valence-corrected chi connectivity index (χ0v) is 16.0. The van der Waals surface area contributed by atoms with E-state index in [0.717, 1.165) is 11.1 Å². The lowest BCUT2D eigenvalue weighted by Crippen LogP contribution is -2.23. The predicted molar refractivity (Wildman–Crippen MR) is 98.2 cm³/mol. The number of rotatable bonds is 5. The number of phenolic OH excluding ortho intramolecular Hbond substituents is 1. The first-order valence-electron chi connectivity index (χ1n) is 7.34. The molecule has 0 spiro atoms. The second kappa shape index (κ2) is 7.79. The number of nitrogens with one attached hydrogen (secondary N) is 1. The van der Waals surface area contributed by atoms with Crippen LogP contribution in [0.5, 0.6) is 5.75 Å². The summed E-state index contributed by atoms with van der Waals surface area (Å²) in [6.07, 6.45) is 0.368. The minimum Gasteiger partial charge on any atom is -0.506 e. The highest BCUT2D eigenvalue weighted by atomic mass is 79.9. The van der Waals surface area contributed by atoms with Crippen LogP contribution in [0, 0.1) is 0 Å². The van der Waals surface area contributed by atoms with Crippen molar-refractivity contribution < 1.29 is 14.4 Å². The van der Waals surface area contributed by atoms with Gasteiger partial charge >= 0.3 is 11.8 Å². The zero-order chi connectivity index (χ0) is 17.8. The van der Waals surface area contributed by atoms with Gasteiger partial charge in [0.1, 0.15) is 5.75 Å². The highest BCUT2D eigenvalue weighted by molar-refractivity contribution is 9.11. The number of halogens is 2. The first-order valence-corrected chi connectivity index (χ1v) is 8.93. The second-order valence-corrected chi connectivity index (χ2v) is 6.98. The molecular weight excluding hydrogens is 454 g/mol. The van der Waals surface area contributed by atoms with Crippen LogP contribution in [-0.2, 0) is 13.0 Å². The molecule has 0 radical (unpaired) electrons. The number of benzene rings is 2. The van der Waals surface area contributed by atoms with Crippen LogP contribution in [0.15, 0.2) is 55.9 Å². The highest BCUT2D eigenvalue weighted by Crippen LogP contribution is 2.33. The summed E-state index contributed by atoms with van der Waals surface area (Å²) in [4.78, 5) is 16.2. The van der Waals surface area contributed by atoms with Crippen LogP contribution >= 0.6 is 31.9 Å². The number of hydrogen-bond acceptors (Lipinski definition) is 5. The van der Waals surface area contributed by atoms with Gasteiger partial charge in [-0.3, -0.25) is 4.79 Å². The van der Waals surface area contributed by atoms with Crippen molar-refractivity contribution in [2.45, 2.75) is 13.0 Å². The van der Waals surface area contributed by atoms with E-state index in [0.29, 0.717) is 27.7 Å². The lowest BCUT2D eigenvalue weighted by atomic mass is 10.1. The normalized spacial score (nSPS) is 10.6. The van der Waals surface area contributed by atoms with Gasteiger partial charge in [-0.15, -0.1) is 0 Å². The Morgan fingerprint density at radius 2 is 1.80 bits per heavy atom. The maximum absolute atomic E-state index is 12.1. The number of amides is 1. The van der Waals surface area contributed by atoms with Gasteiger partial charge in [-0.25, -0.2) is 0 Å². The van der Waals surface area contributed by atoms with Crippen molar-refractivity contribution in [3.8, 4) is 5.75 Å². The molecule has 0 unspecified atom stereocenters. The van der Waals surface area contributed by atoms with Gasteiger partial charge in [0.15, 0.2) is 5.82 Å². The predicted octanol–water partition coefficient (Wildman–Crippen LogP) is 3.82. The first-order chi connectivity index (χ1) is 12.0. The van der Waals surface area contributed by atoms with Gasteiger partial charge in [0.05, 0.1) is 8.95 Å². The molecule has 0 fully saturated rings. The summed E-state index contributed by atoms with van der Waals surface area (Å²) in [7, 11) is 0. The largest absolute Gasteiger partial charge is 0.506 e. The van der Waals surface area contributed by atoms with Crippen LogP contribution < -0.4 is 5.32 Å². The van der Waals surface area contributed by atoms with E-state index in [1.807, 2.05) is 30.3 Å². The van der Waals surface area contributed by atoms with Crippen LogP contribution in [0.25, 0.3) is 0 Å². The van der Waals surface area contributed by atoms with Gasteiger partial charge in [-0.1, -0.05) is 35.5 Å². The molecule has 0 bridgehead atoms.